The lowest BCUT2D eigenvalue weighted by atomic mass is 10.1. The Labute approximate surface area is 196 Å². The first-order valence-corrected chi connectivity index (χ1v) is 17.2. The van der Waals surface area contributed by atoms with E-state index in [1.807, 2.05) is 74.5 Å². The maximum atomic E-state index is 14.0. The van der Waals surface area contributed by atoms with Crippen LogP contribution in [0.2, 0.25) is 19.6 Å². The molecule has 2 aromatic rings. The third-order valence-electron chi connectivity index (χ3n) is 4.61. The van der Waals surface area contributed by atoms with Crippen LogP contribution in [0.5, 0.6) is 0 Å². The zero-order valence-corrected chi connectivity index (χ0v) is 22.0. The van der Waals surface area contributed by atoms with E-state index in [0.717, 1.165) is 5.69 Å². The van der Waals surface area contributed by atoms with Crippen LogP contribution in [0.4, 0.5) is 11.4 Å². The zero-order chi connectivity index (χ0) is 22.6. The first-order valence-electron chi connectivity index (χ1n) is 10.2. The number of thiocarbonyl (C=S) groups is 1. The molecule has 0 radical (unpaired) electrons. The molecule has 3 rings (SSSR count). The minimum atomic E-state index is -3.71. The average molecular weight is 493 g/mol. The fourth-order valence-corrected chi connectivity index (χ4v) is 8.85. The summed E-state index contributed by atoms with van der Waals surface area (Å²) in [5.74, 6) is 0.141. The molecule has 1 fully saturated rings. The molecule has 0 bridgehead atoms. The number of rotatable bonds is 4. The highest BCUT2D eigenvalue weighted by atomic mass is 32.4. The lowest BCUT2D eigenvalue weighted by molar-refractivity contribution is -0.234. The molecule has 3 unspecified atom stereocenters. The van der Waals surface area contributed by atoms with E-state index >= 15 is 0 Å². The number of hydrogen-bond donors (Lipinski definition) is 0. The van der Waals surface area contributed by atoms with E-state index in [0.29, 0.717) is 22.3 Å². The molecule has 1 aliphatic rings. The van der Waals surface area contributed by atoms with Gasteiger partial charge in [-0.25, -0.2) is 4.99 Å². The van der Waals surface area contributed by atoms with Gasteiger partial charge in [-0.3, -0.25) is 0 Å². The fraction of sp³-hybridized carbons (Fsp3) is 0.364. The second kappa shape index (κ2) is 10.2. The summed E-state index contributed by atoms with van der Waals surface area (Å²) in [6.45, 7) is 11.0. The molecule has 0 saturated carbocycles. The average Bonchev–Trinajstić information content (AvgIpc) is 2.71. The van der Waals surface area contributed by atoms with Gasteiger partial charge in [-0.05, 0) is 31.2 Å². The molecule has 0 N–H and O–H groups in total. The monoisotopic (exact) mass is 492 g/mol. The maximum absolute atomic E-state index is 14.0. The first kappa shape index (κ1) is 24.5. The van der Waals surface area contributed by atoms with Crippen LogP contribution < -0.4 is 9.56 Å². The third kappa shape index (κ3) is 6.45. The smallest absolute Gasteiger partial charge is 0.344 e. The van der Waals surface area contributed by atoms with Gasteiger partial charge >= 0.3 is 8.09 Å². The van der Waals surface area contributed by atoms with Crippen molar-refractivity contribution in [3.8, 4) is 0 Å². The summed E-state index contributed by atoms with van der Waals surface area (Å²) >= 11 is 7.60. The molecule has 1 saturated heterocycles. The summed E-state index contributed by atoms with van der Waals surface area (Å²) in [7, 11) is -5.39. The molecule has 3 atom stereocenters. The van der Waals surface area contributed by atoms with E-state index in [1.54, 1.807) is 15.9 Å². The van der Waals surface area contributed by atoms with E-state index in [4.69, 9.17) is 26.3 Å². The van der Waals surface area contributed by atoms with Crippen LogP contribution in [0, 0.1) is 5.92 Å². The molecule has 0 aromatic heterocycles. The maximum Gasteiger partial charge on any atom is 0.344 e. The summed E-state index contributed by atoms with van der Waals surface area (Å²) in [6, 6.07) is 19.1. The number of nitrogens with zero attached hydrogens (tertiary/aromatic N) is 2. The van der Waals surface area contributed by atoms with E-state index in [-0.39, 0.29) is 12.0 Å². The van der Waals surface area contributed by atoms with E-state index in [1.165, 1.54) is 0 Å². The van der Waals surface area contributed by atoms with Gasteiger partial charge in [0.15, 0.2) is 4.99 Å². The number of aliphatic imine (C=N–C) groups is 1. The summed E-state index contributed by atoms with van der Waals surface area (Å²) in [4.78, 5) is 19.2. The van der Waals surface area contributed by atoms with Gasteiger partial charge in [0.05, 0.1) is 11.4 Å². The first-order chi connectivity index (χ1) is 14.6. The van der Waals surface area contributed by atoms with Gasteiger partial charge in [-0.1, -0.05) is 75.2 Å². The van der Waals surface area contributed by atoms with Crippen molar-refractivity contribution in [2.75, 3.05) is 11.3 Å². The van der Waals surface area contributed by atoms with Gasteiger partial charge < -0.3 is 4.89 Å². The van der Waals surface area contributed by atoms with Crippen LogP contribution in [0.15, 0.2) is 65.7 Å². The Bertz CT molecular complexity index is 927. The molecule has 0 spiro atoms. The Morgan fingerprint density at radius 2 is 1.68 bits per heavy atom. The SMILES string of the molecule is CC1CO[P+]([O-])(N(C(=S)C(=Nc2ccccc2)S[Si](C)(C)C)c2ccccc2)OC1C. The van der Waals surface area contributed by atoms with Crippen molar-refractivity contribution in [1.29, 1.82) is 0 Å². The molecule has 1 aliphatic heterocycles. The van der Waals surface area contributed by atoms with Crippen molar-refractivity contribution in [2.24, 2.45) is 10.9 Å². The van der Waals surface area contributed by atoms with Crippen molar-refractivity contribution in [2.45, 2.75) is 39.6 Å². The Morgan fingerprint density at radius 1 is 1.10 bits per heavy atom. The van der Waals surface area contributed by atoms with Crippen molar-refractivity contribution < 1.29 is 13.9 Å². The summed E-state index contributed by atoms with van der Waals surface area (Å²) in [6.07, 6.45) is -0.215. The molecule has 0 amide bonds. The lowest BCUT2D eigenvalue weighted by Gasteiger charge is -2.42. The summed E-state index contributed by atoms with van der Waals surface area (Å²) in [5.41, 5.74) is 1.46. The molecular formula is C22H29N2O3PS2Si. The molecule has 0 aliphatic carbocycles. The van der Waals surface area contributed by atoms with Gasteiger partial charge in [-0.15, -0.1) is 11.2 Å². The predicted octanol–water partition coefficient (Wildman–Crippen LogP) is 6.23. The Hall–Kier alpha value is -1.12. The van der Waals surface area contributed by atoms with Gasteiger partial charge in [-0.2, -0.15) is 13.7 Å². The molecule has 1 heterocycles. The van der Waals surface area contributed by atoms with Crippen LogP contribution in [-0.2, 0) is 9.05 Å². The lowest BCUT2D eigenvalue weighted by Crippen LogP contribution is -2.46. The standard InChI is InChI=1S/C22H29N2O3PS2Si/c1-17-16-26-28(25,27-18(17)2)24(20-14-10-7-11-15-20)22(29)21(30-31(3,4)5)23-19-12-8-6-9-13-19/h6-15,17-18H,16H2,1-5H3. The second-order valence-corrected chi connectivity index (χ2v) is 19.8. The minimum absolute atomic E-state index is 0.141. The Kier molecular flexibility index (Phi) is 8.08. The summed E-state index contributed by atoms with van der Waals surface area (Å²) < 4.78 is 13.3. The molecule has 31 heavy (non-hydrogen) atoms. The predicted molar refractivity (Wildman–Crippen MR) is 139 cm³/mol. The van der Waals surface area contributed by atoms with Crippen molar-refractivity contribution >= 4 is 60.2 Å². The Balaban J connectivity index is 2.07. The fourth-order valence-electron chi connectivity index (χ4n) is 2.85. The molecule has 9 heteroatoms. The highest BCUT2D eigenvalue weighted by molar-refractivity contribution is 8.41. The molecule has 5 nitrogen and oxygen atoms in total. The van der Waals surface area contributed by atoms with Crippen LogP contribution >= 0.6 is 31.5 Å². The van der Waals surface area contributed by atoms with Crippen LogP contribution in [-0.4, -0.2) is 30.0 Å². The number of anilines is 1. The largest absolute Gasteiger partial charge is 0.611 e. The summed E-state index contributed by atoms with van der Waals surface area (Å²) in [5, 5.41) is 0.651. The van der Waals surface area contributed by atoms with Crippen molar-refractivity contribution in [3.63, 3.8) is 0 Å². The molecule has 166 valence electrons. The topological polar surface area (TPSA) is 57.1 Å². The second-order valence-electron chi connectivity index (χ2n) is 8.47. The molecule has 2 aromatic carbocycles. The van der Waals surface area contributed by atoms with Crippen molar-refractivity contribution in [1.82, 2.24) is 0 Å². The quantitative estimate of drug-likeness (QED) is 0.166. The number of benzene rings is 2. The third-order valence-corrected chi connectivity index (χ3v) is 10.8. The van der Waals surface area contributed by atoms with Gasteiger partial charge in [0.1, 0.15) is 25.0 Å². The van der Waals surface area contributed by atoms with Crippen molar-refractivity contribution in [3.05, 3.63) is 60.7 Å². The normalized spacial score (nSPS) is 24.6. The van der Waals surface area contributed by atoms with Crippen LogP contribution in [0.25, 0.3) is 0 Å². The Morgan fingerprint density at radius 3 is 2.23 bits per heavy atom. The van der Waals surface area contributed by atoms with Crippen LogP contribution in [0.1, 0.15) is 13.8 Å². The number of para-hydroxylation sites is 2. The highest BCUT2D eigenvalue weighted by Crippen LogP contribution is 2.62. The van der Waals surface area contributed by atoms with Gasteiger partial charge in [0.25, 0.3) is 0 Å². The van der Waals surface area contributed by atoms with E-state index < -0.39 is 15.3 Å². The highest BCUT2D eigenvalue weighted by Gasteiger charge is 2.49. The van der Waals surface area contributed by atoms with E-state index in [2.05, 4.69) is 19.6 Å². The van der Waals surface area contributed by atoms with Gasteiger partial charge in [0.2, 0.25) is 0 Å². The van der Waals surface area contributed by atoms with E-state index in [9.17, 15) is 4.89 Å². The number of hydrogen-bond acceptors (Lipinski definition) is 6. The minimum Gasteiger partial charge on any atom is -0.611 e. The zero-order valence-electron chi connectivity index (χ0n) is 18.5. The van der Waals surface area contributed by atoms with Gasteiger partial charge in [0, 0.05) is 5.92 Å². The van der Waals surface area contributed by atoms with Crippen LogP contribution in [0.3, 0.4) is 0 Å². The molecular weight excluding hydrogens is 463 g/mol.